The second-order valence-electron chi connectivity index (χ2n) is 6.25. The third kappa shape index (κ3) is 5.32. The summed E-state index contributed by atoms with van der Waals surface area (Å²) in [7, 11) is 0. The number of hydrogen-bond acceptors (Lipinski definition) is 5. The first-order valence-electron chi connectivity index (χ1n) is 9.00. The molecule has 1 heterocycles. The minimum Gasteiger partial charge on any atom is -0.459 e. The summed E-state index contributed by atoms with van der Waals surface area (Å²) in [5, 5.41) is 5.37. The highest BCUT2D eigenvalue weighted by molar-refractivity contribution is 6.06. The summed E-state index contributed by atoms with van der Waals surface area (Å²) in [5.41, 5.74) is 1.34. The molecule has 0 bridgehead atoms. The molecule has 0 aliphatic heterocycles. The first-order chi connectivity index (χ1) is 14.0. The van der Waals surface area contributed by atoms with Gasteiger partial charge < -0.3 is 19.8 Å². The normalized spacial score (nSPS) is 11.3. The molecule has 2 amide bonds. The number of benzene rings is 2. The number of ether oxygens (including phenoxy) is 1. The van der Waals surface area contributed by atoms with Gasteiger partial charge in [-0.3, -0.25) is 9.59 Å². The molecule has 7 nitrogen and oxygen atoms in total. The minimum atomic E-state index is -0.720. The molecule has 0 aliphatic rings. The van der Waals surface area contributed by atoms with Crippen molar-refractivity contribution in [2.75, 3.05) is 11.9 Å². The van der Waals surface area contributed by atoms with Crippen LogP contribution in [0.1, 0.15) is 39.4 Å². The monoisotopic (exact) mass is 392 g/mol. The molecule has 0 spiro atoms. The van der Waals surface area contributed by atoms with Crippen molar-refractivity contribution in [1.82, 2.24) is 5.32 Å². The third-order valence-electron chi connectivity index (χ3n) is 4.15. The fourth-order valence-electron chi connectivity index (χ4n) is 2.68. The molecule has 0 saturated heterocycles. The fraction of sp³-hybridized carbons (Fsp3) is 0.136. The zero-order chi connectivity index (χ0) is 20.6. The van der Waals surface area contributed by atoms with Crippen LogP contribution in [0.15, 0.2) is 77.4 Å². The molecule has 2 N–H and O–H groups in total. The van der Waals surface area contributed by atoms with Crippen molar-refractivity contribution in [3.8, 4) is 0 Å². The molecule has 0 radical (unpaired) electrons. The second kappa shape index (κ2) is 9.36. The first kappa shape index (κ1) is 19.9. The van der Waals surface area contributed by atoms with E-state index in [0.717, 1.165) is 5.56 Å². The van der Waals surface area contributed by atoms with Gasteiger partial charge in [0.15, 0.2) is 12.4 Å². The van der Waals surface area contributed by atoms with Crippen LogP contribution in [0.3, 0.4) is 0 Å². The zero-order valence-electron chi connectivity index (χ0n) is 15.8. The van der Waals surface area contributed by atoms with Gasteiger partial charge in [0.1, 0.15) is 0 Å². The van der Waals surface area contributed by atoms with E-state index in [9.17, 15) is 14.4 Å². The number of anilines is 1. The van der Waals surface area contributed by atoms with Crippen molar-refractivity contribution in [3.63, 3.8) is 0 Å². The number of carbonyl (C=O) groups excluding carboxylic acids is 3. The standard InChI is InChI=1S/C22H20N2O5/c1-15(16-8-3-2-4-9-16)23-20(25)14-29-22(27)17-10-5-6-11-18(17)24-21(26)19-12-7-13-28-19/h2-13,15H,14H2,1H3,(H,23,25)(H,24,26)/t15-/m1/s1. The highest BCUT2D eigenvalue weighted by Crippen LogP contribution is 2.18. The lowest BCUT2D eigenvalue weighted by Gasteiger charge is -2.15. The Morgan fingerprint density at radius 2 is 1.69 bits per heavy atom. The number of amides is 2. The molecule has 2 aromatic carbocycles. The molecule has 0 fully saturated rings. The summed E-state index contributed by atoms with van der Waals surface area (Å²) >= 11 is 0. The number of nitrogens with one attached hydrogen (secondary N) is 2. The lowest BCUT2D eigenvalue weighted by Crippen LogP contribution is -2.31. The van der Waals surface area contributed by atoms with Crippen LogP contribution in [0.4, 0.5) is 5.69 Å². The zero-order valence-corrected chi connectivity index (χ0v) is 15.8. The molecule has 7 heteroatoms. The number of furan rings is 1. The molecule has 3 rings (SSSR count). The fourth-order valence-corrected chi connectivity index (χ4v) is 2.68. The lowest BCUT2D eigenvalue weighted by molar-refractivity contribution is -0.124. The molecular weight excluding hydrogens is 372 g/mol. The summed E-state index contributed by atoms with van der Waals surface area (Å²) in [6.07, 6.45) is 1.38. The third-order valence-corrected chi connectivity index (χ3v) is 4.15. The Morgan fingerprint density at radius 1 is 0.966 bits per heavy atom. The maximum Gasteiger partial charge on any atom is 0.340 e. The number of rotatable bonds is 7. The van der Waals surface area contributed by atoms with Gasteiger partial charge in [0, 0.05) is 0 Å². The quantitative estimate of drug-likeness (QED) is 0.599. The van der Waals surface area contributed by atoms with Crippen LogP contribution in [0, 0.1) is 0 Å². The van der Waals surface area contributed by atoms with E-state index in [4.69, 9.17) is 9.15 Å². The molecule has 1 aromatic heterocycles. The average molecular weight is 392 g/mol. The topological polar surface area (TPSA) is 97.6 Å². The van der Waals surface area contributed by atoms with Crippen molar-refractivity contribution in [3.05, 3.63) is 89.9 Å². The predicted molar refractivity (Wildman–Crippen MR) is 106 cm³/mol. The van der Waals surface area contributed by atoms with Crippen LogP contribution in [-0.4, -0.2) is 24.4 Å². The van der Waals surface area contributed by atoms with Gasteiger partial charge in [-0.1, -0.05) is 42.5 Å². The van der Waals surface area contributed by atoms with Crippen LogP contribution < -0.4 is 10.6 Å². The van der Waals surface area contributed by atoms with E-state index in [2.05, 4.69) is 10.6 Å². The maximum absolute atomic E-state index is 12.4. The van der Waals surface area contributed by atoms with Crippen molar-refractivity contribution in [2.24, 2.45) is 0 Å². The first-order valence-corrected chi connectivity index (χ1v) is 9.00. The number of carbonyl (C=O) groups is 3. The molecule has 0 saturated carbocycles. The summed E-state index contributed by atoms with van der Waals surface area (Å²) in [5.74, 6) is -1.53. The SMILES string of the molecule is C[C@@H](NC(=O)COC(=O)c1ccccc1NC(=O)c1ccco1)c1ccccc1. The van der Waals surface area contributed by atoms with Gasteiger partial charge in [-0.05, 0) is 36.8 Å². The maximum atomic E-state index is 12.4. The Labute approximate surface area is 167 Å². The summed E-state index contributed by atoms with van der Waals surface area (Å²) < 4.78 is 10.2. The average Bonchev–Trinajstić information content (AvgIpc) is 3.28. The molecular formula is C22H20N2O5. The van der Waals surface area contributed by atoms with E-state index in [1.54, 1.807) is 24.3 Å². The van der Waals surface area contributed by atoms with Crippen LogP contribution in [-0.2, 0) is 9.53 Å². The lowest BCUT2D eigenvalue weighted by atomic mass is 10.1. The van der Waals surface area contributed by atoms with Gasteiger partial charge in [0.25, 0.3) is 11.8 Å². The van der Waals surface area contributed by atoms with Gasteiger partial charge >= 0.3 is 5.97 Å². The molecule has 0 aliphatic carbocycles. The van der Waals surface area contributed by atoms with E-state index in [1.165, 1.54) is 18.4 Å². The van der Waals surface area contributed by atoms with Crippen molar-refractivity contribution < 1.29 is 23.5 Å². The Kier molecular flexibility index (Phi) is 6.42. The summed E-state index contributed by atoms with van der Waals surface area (Å²) in [6.45, 7) is 1.41. The van der Waals surface area contributed by atoms with Gasteiger partial charge in [-0.25, -0.2) is 4.79 Å². The highest BCUT2D eigenvalue weighted by Gasteiger charge is 2.18. The van der Waals surface area contributed by atoms with Gasteiger partial charge in [-0.15, -0.1) is 0 Å². The largest absolute Gasteiger partial charge is 0.459 e. The Hall–Kier alpha value is -3.87. The van der Waals surface area contributed by atoms with Crippen LogP contribution in [0.25, 0.3) is 0 Å². The van der Waals surface area contributed by atoms with Crippen LogP contribution in [0.5, 0.6) is 0 Å². The Bertz CT molecular complexity index is 983. The van der Waals surface area contributed by atoms with Crippen LogP contribution >= 0.6 is 0 Å². The molecule has 3 aromatic rings. The van der Waals surface area contributed by atoms with Crippen LogP contribution in [0.2, 0.25) is 0 Å². The Balaban J connectivity index is 1.58. The van der Waals surface area contributed by atoms with E-state index >= 15 is 0 Å². The molecule has 29 heavy (non-hydrogen) atoms. The highest BCUT2D eigenvalue weighted by atomic mass is 16.5. The van der Waals surface area contributed by atoms with Crippen molar-refractivity contribution >= 4 is 23.5 Å². The van der Waals surface area contributed by atoms with Gasteiger partial charge in [0.05, 0.1) is 23.6 Å². The second-order valence-corrected chi connectivity index (χ2v) is 6.25. The minimum absolute atomic E-state index is 0.113. The molecule has 1 atom stereocenters. The molecule has 148 valence electrons. The van der Waals surface area contributed by atoms with Gasteiger partial charge in [-0.2, -0.15) is 0 Å². The Morgan fingerprint density at radius 3 is 2.41 bits per heavy atom. The van der Waals surface area contributed by atoms with Gasteiger partial charge in [0.2, 0.25) is 0 Å². The number of para-hydroxylation sites is 1. The molecule has 0 unspecified atom stereocenters. The smallest absolute Gasteiger partial charge is 0.340 e. The van der Waals surface area contributed by atoms with E-state index in [0.29, 0.717) is 0 Å². The number of hydrogen-bond donors (Lipinski definition) is 2. The summed E-state index contributed by atoms with van der Waals surface area (Å²) in [4.78, 5) is 36.7. The van der Waals surface area contributed by atoms with E-state index < -0.39 is 24.4 Å². The summed E-state index contributed by atoms with van der Waals surface area (Å²) in [6, 6.07) is 18.7. The predicted octanol–water partition coefficient (Wildman–Crippen LogP) is 3.57. The van der Waals surface area contributed by atoms with Crippen molar-refractivity contribution in [1.29, 1.82) is 0 Å². The van der Waals surface area contributed by atoms with E-state index in [1.807, 2.05) is 37.3 Å². The van der Waals surface area contributed by atoms with Crippen molar-refractivity contribution in [2.45, 2.75) is 13.0 Å². The van der Waals surface area contributed by atoms with E-state index in [-0.39, 0.29) is 23.1 Å². The number of esters is 1.